The van der Waals surface area contributed by atoms with Crippen molar-refractivity contribution in [2.75, 3.05) is 21.3 Å². The highest BCUT2D eigenvalue weighted by Crippen LogP contribution is 2.40. The first-order valence-electron chi connectivity index (χ1n) is 13.0. The number of ether oxygens (including phenoxy) is 4. The molecule has 0 unspecified atom stereocenters. The van der Waals surface area contributed by atoms with Crippen LogP contribution in [0.25, 0.3) is 0 Å². The van der Waals surface area contributed by atoms with Gasteiger partial charge in [-0.3, -0.25) is 4.79 Å². The lowest BCUT2D eigenvalue weighted by molar-refractivity contribution is 0.0955. The van der Waals surface area contributed by atoms with Crippen molar-refractivity contribution in [2.24, 2.45) is 5.10 Å². The molecule has 0 radical (unpaired) electrons. The van der Waals surface area contributed by atoms with E-state index in [1.54, 1.807) is 51.8 Å². The molecule has 1 amide bonds. The Morgan fingerprint density at radius 1 is 0.850 bits per heavy atom. The first-order chi connectivity index (χ1) is 18.8. The van der Waals surface area contributed by atoms with Gasteiger partial charge in [0.25, 0.3) is 5.91 Å². The number of hydrogen-bond acceptors (Lipinski definition) is 7. The molecule has 0 fully saturated rings. The molecule has 0 bridgehead atoms. The number of hydrogen-bond donors (Lipinski definition) is 2. The molecule has 0 spiro atoms. The first kappa shape index (κ1) is 30.3. The summed E-state index contributed by atoms with van der Waals surface area (Å²) in [4.78, 5) is 12.7. The van der Waals surface area contributed by atoms with Gasteiger partial charge in [-0.1, -0.05) is 41.5 Å². The maximum absolute atomic E-state index is 12.7. The van der Waals surface area contributed by atoms with Gasteiger partial charge in [-0.2, -0.15) is 5.10 Å². The Balaban J connectivity index is 1.68. The van der Waals surface area contributed by atoms with Gasteiger partial charge in [-0.05, 0) is 70.5 Å². The Bertz CT molecular complexity index is 1310. The molecule has 0 heterocycles. The van der Waals surface area contributed by atoms with Gasteiger partial charge in [0.05, 0.1) is 27.5 Å². The van der Waals surface area contributed by atoms with E-state index in [1.165, 1.54) is 0 Å². The summed E-state index contributed by atoms with van der Waals surface area (Å²) >= 11 is 0. The zero-order chi connectivity index (χ0) is 29.7. The van der Waals surface area contributed by atoms with E-state index in [4.69, 9.17) is 18.9 Å². The van der Waals surface area contributed by atoms with Crippen LogP contribution in [0.4, 0.5) is 0 Å². The van der Waals surface area contributed by atoms with Crippen molar-refractivity contribution >= 4 is 12.1 Å². The highest BCUT2D eigenvalue weighted by Gasteiger charge is 2.26. The summed E-state index contributed by atoms with van der Waals surface area (Å²) < 4.78 is 22.0. The number of hydrazone groups is 1. The Morgan fingerprint density at radius 3 is 1.82 bits per heavy atom. The number of phenols is 1. The second kappa shape index (κ2) is 12.3. The Hall–Kier alpha value is -4.20. The van der Waals surface area contributed by atoms with Crippen LogP contribution in [-0.2, 0) is 17.4 Å². The van der Waals surface area contributed by atoms with Crippen molar-refractivity contribution in [1.82, 2.24) is 5.43 Å². The zero-order valence-corrected chi connectivity index (χ0v) is 24.8. The number of aromatic hydroxyl groups is 1. The van der Waals surface area contributed by atoms with Gasteiger partial charge >= 0.3 is 0 Å². The normalized spacial score (nSPS) is 11.8. The first-order valence-corrected chi connectivity index (χ1v) is 13.0. The maximum atomic E-state index is 12.7. The van der Waals surface area contributed by atoms with E-state index in [0.717, 1.165) is 22.3 Å². The Morgan fingerprint density at radius 2 is 1.38 bits per heavy atom. The predicted octanol–water partition coefficient (Wildman–Crippen LogP) is 6.36. The predicted molar refractivity (Wildman–Crippen MR) is 157 cm³/mol. The number of amides is 1. The number of nitrogens with zero attached hydrogens (tertiary/aromatic N) is 1. The van der Waals surface area contributed by atoms with Gasteiger partial charge in [-0.25, -0.2) is 5.43 Å². The zero-order valence-electron chi connectivity index (χ0n) is 24.8. The minimum absolute atomic E-state index is 0.257. The van der Waals surface area contributed by atoms with Crippen LogP contribution in [0.5, 0.6) is 28.7 Å². The fourth-order valence-corrected chi connectivity index (χ4v) is 4.19. The third-order valence-electron chi connectivity index (χ3n) is 6.37. The topological polar surface area (TPSA) is 98.6 Å². The molecule has 40 heavy (non-hydrogen) atoms. The summed E-state index contributed by atoms with van der Waals surface area (Å²) in [6.45, 7) is 12.6. The van der Waals surface area contributed by atoms with Crippen molar-refractivity contribution in [3.8, 4) is 28.7 Å². The maximum Gasteiger partial charge on any atom is 0.271 e. The molecule has 0 aliphatic rings. The molecule has 0 aliphatic carbocycles. The van der Waals surface area contributed by atoms with E-state index in [2.05, 4.69) is 52.1 Å². The average Bonchev–Trinajstić information content (AvgIpc) is 2.90. The van der Waals surface area contributed by atoms with E-state index >= 15 is 0 Å². The molecule has 0 saturated heterocycles. The molecule has 0 aromatic heterocycles. The molecule has 2 N–H and O–H groups in total. The lowest BCUT2D eigenvalue weighted by atomic mass is 9.78. The third kappa shape index (κ3) is 7.25. The minimum Gasteiger partial charge on any atom is -0.507 e. The summed E-state index contributed by atoms with van der Waals surface area (Å²) in [5, 5.41) is 15.1. The van der Waals surface area contributed by atoms with Crippen molar-refractivity contribution in [3.63, 3.8) is 0 Å². The second-order valence-corrected chi connectivity index (χ2v) is 11.5. The number of methoxy groups -OCH3 is 3. The number of carbonyl (C=O) groups excluding carboxylic acids is 1. The van der Waals surface area contributed by atoms with Crippen LogP contribution in [0.15, 0.2) is 53.6 Å². The van der Waals surface area contributed by atoms with Crippen LogP contribution in [-0.4, -0.2) is 38.6 Å². The van der Waals surface area contributed by atoms with Gasteiger partial charge in [0.1, 0.15) is 18.1 Å². The van der Waals surface area contributed by atoms with E-state index in [9.17, 15) is 9.90 Å². The summed E-state index contributed by atoms with van der Waals surface area (Å²) in [5.74, 6) is 2.16. The second-order valence-electron chi connectivity index (χ2n) is 11.5. The van der Waals surface area contributed by atoms with Gasteiger partial charge in [-0.15, -0.1) is 0 Å². The van der Waals surface area contributed by atoms with Crippen molar-refractivity contribution in [3.05, 3.63) is 76.3 Å². The molecule has 3 rings (SSSR count). The summed E-state index contributed by atoms with van der Waals surface area (Å²) in [6.07, 6.45) is 1.59. The number of phenolic OH excluding ortho intramolecular Hbond substituents is 1. The molecule has 0 saturated carbocycles. The van der Waals surface area contributed by atoms with E-state index in [1.807, 2.05) is 24.3 Å². The van der Waals surface area contributed by atoms with Gasteiger partial charge < -0.3 is 24.1 Å². The third-order valence-corrected chi connectivity index (χ3v) is 6.37. The van der Waals surface area contributed by atoms with Crippen LogP contribution in [0.1, 0.15) is 74.2 Å². The lowest BCUT2D eigenvalue weighted by Gasteiger charge is -2.27. The summed E-state index contributed by atoms with van der Waals surface area (Å²) in [6, 6.07) is 14.2. The molecule has 0 atom stereocenters. The van der Waals surface area contributed by atoms with Gasteiger partial charge in [0.15, 0.2) is 11.5 Å². The molecule has 3 aromatic rings. The molecule has 214 valence electrons. The number of benzene rings is 3. The molecule has 8 heteroatoms. The van der Waals surface area contributed by atoms with Gasteiger partial charge in [0.2, 0.25) is 5.75 Å². The summed E-state index contributed by atoms with van der Waals surface area (Å²) in [7, 11) is 4.68. The fourth-order valence-electron chi connectivity index (χ4n) is 4.19. The average molecular weight is 549 g/mol. The lowest BCUT2D eigenvalue weighted by Crippen LogP contribution is -2.19. The largest absolute Gasteiger partial charge is 0.507 e. The fraction of sp³-hybridized carbons (Fsp3) is 0.375. The smallest absolute Gasteiger partial charge is 0.271 e. The van der Waals surface area contributed by atoms with Crippen molar-refractivity contribution in [1.29, 1.82) is 0 Å². The monoisotopic (exact) mass is 548 g/mol. The summed E-state index contributed by atoms with van der Waals surface area (Å²) in [5.41, 5.74) is 5.79. The molecule has 3 aromatic carbocycles. The van der Waals surface area contributed by atoms with Crippen LogP contribution in [0.2, 0.25) is 0 Å². The van der Waals surface area contributed by atoms with Crippen molar-refractivity contribution in [2.45, 2.75) is 59.0 Å². The number of carbonyl (C=O) groups is 1. The highest BCUT2D eigenvalue weighted by atomic mass is 16.5. The van der Waals surface area contributed by atoms with E-state index in [0.29, 0.717) is 34.3 Å². The molecular formula is C32H40N2O6. The highest BCUT2D eigenvalue weighted by molar-refractivity contribution is 5.95. The standard InChI is InChI=1S/C32H40N2O6/c1-31(2,3)24-14-20(15-25(28(24)35)32(4,5)6)18-33-34-30(36)22-10-12-23(13-11-22)40-19-21-16-26(37-7)29(39-9)27(17-21)38-8/h10-18,35H,19H2,1-9H3,(H,34,36)/b33-18+. The van der Waals surface area contributed by atoms with Crippen molar-refractivity contribution < 1.29 is 28.8 Å². The van der Waals surface area contributed by atoms with Crippen LogP contribution < -0.4 is 24.4 Å². The van der Waals surface area contributed by atoms with Crippen LogP contribution in [0, 0.1) is 0 Å². The van der Waals surface area contributed by atoms with E-state index in [-0.39, 0.29) is 23.3 Å². The number of rotatable bonds is 9. The Kier molecular flexibility index (Phi) is 9.35. The minimum atomic E-state index is -0.349. The van der Waals surface area contributed by atoms with Gasteiger partial charge in [0, 0.05) is 16.7 Å². The molecular weight excluding hydrogens is 508 g/mol. The number of nitrogens with one attached hydrogen (secondary N) is 1. The van der Waals surface area contributed by atoms with Crippen LogP contribution in [0.3, 0.4) is 0 Å². The van der Waals surface area contributed by atoms with Crippen LogP contribution >= 0.6 is 0 Å². The molecule has 8 nitrogen and oxygen atoms in total. The molecule has 0 aliphatic heterocycles. The SMILES string of the molecule is COc1cc(COc2ccc(C(=O)N/N=C/c3cc(C(C)(C)C)c(O)c(C(C)(C)C)c3)cc2)cc(OC)c1OC. The quantitative estimate of drug-likeness (QED) is 0.239. The Labute approximate surface area is 236 Å². The van der Waals surface area contributed by atoms with E-state index < -0.39 is 0 Å².